The van der Waals surface area contributed by atoms with Crippen molar-refractivity contribution in [3.8, 4) is 28.6 Å². The lowest BCUT2D eigenvalue weighted by molar-refractivity contribution is -0.127. The number of amides is 1. The Bertz CT molecular complexity index is 3210. The van der Waals surface area contributed by atoms with Gasteiger partial charge < -0.3 is 78.1 Å². The standard InChI is InChI=1S/C65H88N12O13/c1-2-51-47-71-77-57(44-58(72-64(51)77)75-23-7-6-10-53(75)21-24-78)67-45-50-15-20-59(68-46-50)89-43-42-88-41-40-87-39-38-86-37-36-85-35-34-84-33-32-83-31-30-82-29-28-81-27-26-80-25-9-14-60(79)74-22-8-11-54(48-74)76-65-61(63(66)69-49-70-65)62(73-76)52-16-18-56(19-17-52)90-55-12-4-3-5-13-55/h3-5,9,12-20,44,46-47,49,53-54,67,78H,2,6-8,10-11,21-43,45,48H2,1H3,(H2,66,69,70)/b14-9+/t53-,54+/m0/s1. The Kier molecular flexibility index (Phi) is 28.0. The maximum Gasteiger partial charge on any atom is 0.246 e. The van der Waals surface area contributed by atoms with Gasteiger partial charge >= 0.3 is 0 Å². The molecule has 4 N–H and O–H groups in total. The van der Waals surface area contributed by atoms with Gasteiger partial charge in [-0.05, 0) is 86.9 Å². The molecule has 2 aromatic carbocycles. The number of para-hydroxylation sites is 1. The third-order valence-corrected chi connectivity index (χ3v) is 15.2. The van der Waals surface area contributed by atoms with Crippen LogP contribution in [0.15, 0.2) is 104 Å². The number of aliphatic hydroxyl groups excluding tert-OH is 1. The summed E-state index contributed by atoms with van der Waals surface area (Å²) in [5.74, 6) is 4.02. The number of nitrogen functional groups attached to an aromatic ring is 1. The molecule has 7 heterocycles. The van der Waals surface area contributed by atoms with Crippen molar-refractivity contribution >= 4 is 40.0 Å². The number of nitrogens with zero attached hydrogens (tertiary/aromatic N) is 10. The number of anilines is 3. The number of aryl methyl sites for hydroxylation is 1. The quantitative estimate of drug-likeness (QED) is 0.0253. The minimum Gasteiger partial charge on any atom is -0.475 e. The number of nitrogens with two attached hydrogens (primary N) is 1. The first-order chi connectivity index (χ1) is 44.4. The van der Waals surface area contributed by atoms with Crippen molar-refractivity contribution in [2.24, 2.45) is 0 Å². The molecule has 5 aromatic heterocycles. The van der Waals surface area contributed by atoms with Gasteiger partial charge in [0.1, 0.15) is 47.6 Å². The second-order valence-corrected chi connectivity index (χ2v) is 21.5. The summed E-state index contributed by atoms with van der Waals surface area (Å²) in [6, 6.07) is 23.4. The van der Waals surface area contributed by atoms with E-state index in [1.165, 1.54) is 12.7 Å². The van der Waals surface area contributed by atoms with Gasteiger partial charge in [0.15, 0.2) is 11.3 Å². The number of hydrogen-bond acceptors (Lipinski definition) is 22. The van der Waals surface area contributed by atoms with Gasteiger partial charge in [-0.3, -0.25) is 4.79 Å². The highest BCUT2D eigenvalue weighted by Gasteiger charge is 2.29. The topological polar surface area (TPSA) is 270 Å². The smallest absolute Gasteiger partial charge is 0.246 e. The fourth-order valence-corrected chi connectivity index (χ4v) is 10.5. The van der Waals surface area contributed by atoms with Gasteiger partial charge in [0.2, 0.25) is 11.8 Å². The SMILES string of the molecule is CCc1cnn2c(NCc3ccc(OCCOCCOCCOCCOCCOCCOCCOCCOCCOC/C=C/C(=O)N4CCC[C@@H](n5nc(-c6ccc(Oc7ccccc7)cc6)c6c(N)ncnc65)C4)nc3)cc(N3CCCC[C@H]3CCO)nc12. The van der Waals surface area contributed by atoms with Crippen LogP contribution in [0.2, 0.25) is 0 Å². The van der Waals surface area contributed by atoms with Crippen molar-refractivity contribution in [1.29, 1.82) is 0 Å². The van der Waals surface area contributed by atoms with Crippen molar-refractivity contribution in [3.63, 3.8) is 0 Å². The van der Waals surface area contributed by atoms with E-state index in [4.69, 9.17) is 67.9 Å². The normalized spacial score (nSPS) is 15.4. The first kappa shape index (κ1) is 67.0. The molecule has 486 valence electrons. The first-order valence-electron chi connectivity index (χ1n) is 31.5. The van der Waals surface area contributed by atoms with Crippen LogP contribution in [0.1, 0.15) is 62.6 Å². The third kappa shape index (κ3) is 20.8. The number of nitrogens with one attached hydrogen (secondary N) is 1. The summed E-state index contributed by atoms with van der Waals surface area (Å²) in [4.78, 5) is 35.8. The van der Waals surface area contributed by atoms with E-state index in [2.05, 4.69) is 43.3 Å². The number of piperidine rings is 2. The lowest BCUT2D eigenvalue weighted by Gasteiger charge is -2.36. The van der Waals surface area contributed by atoms with Crippen molar-refractivity contribution in [2.45, 2.75) is 70.5 Å². The molecular formula is C65H88N12O13. The average Bonchev–Trinajstić information content (AvgIpc) is 1.62. The Morgan fingerprint density at radius 1 is 0.689 bits per heavy atom. The Balaban J connectivity index is 0.507. The highest BCUT2D eigenvalue weighted by Crippen LogP contribution is 2.35. The van der Waals surface area contributed by atoms with E-state index in [-0.39, 0.29) is 24.6 Å². The number of benzene rings is 2. The molecule has 7 aromatic rings. The summed E-state index contributed by atoms with van der Waals surface area (Å²) in [7, 11) is 0. The van der Waals surface area contributed by atoms with E-state index >= 15 is 0 Å². The number of rotatable bonds is 42. The van der Waals surface area contributed by atoms with E-state index in [1.54, 1.807) is 18.3 Å². The van der Waals surface area contributed by atoms with Gasteiger partial charge in [-0.2, -0.15) is 14.7 Å². The molecule has 1 amide bonds. The highest BCUT2D eigenvalue weighted by molar-refractivity contribution is 5.98. The maximum atomic E-state index is 13.2. The lowest BCUT2D eigenvalue weighted by atomic mass is 9.99. The molecule has 2 saturated heterocycles. The van der Waals surface area contributed by atoms with E-state index in [0.717, 1.165) is 84.8 Å². The number of carbonyl (C=O) groups excluding carboxylic acids is 1. The fourth-order valence-electron chi connectivity index (χ4n) is 10.5. The molecule has 0 radical (unpaired) electrons. The van der Waals surface area contributed by atoms with E-state index in [9.17, 15) is 9.90 Å². The summed E-state index contributed by atoms with van der Waals surface area (Å²) < 4.78 is 66.0. The Labute approximate surface area is 526 Å². The number of aromatic nitrogens is 8. The summed E-state index contributed by atoms with van der Waals surface area (Å²) in [5, 5.41) is 23.6. The predicted octanol–water partition coefficient (Wildman–Crippen LogP) is 7.17. The van der Waals surface area contributed by atoms with Crippen LogP contribution in [0.25, 0.3) is 27.9 Å². The summed E-state index contributed by atoms with van der Waals surface area (Å²) >= 11 is 0. The Hall–Kier alpha value is -7.43. The summed E-state index contributed by atoms with van der Waals surface area (Å²) in [6.07, 6.45) is 15.0. The largest absolute Gasteiger partial charge is 0.475 e. The van der Waals surface area contributed by atoms with Crippen LogP contribution in [-0.2, 0) is 60.4 Å². The zero-order valence-corrected chi connectivity index (χ0v) is 51.8. The van der Waals surface area contributed by atoms with Crippen LogP contribution in [0.3, 0.4) is 0 Å². The second kappa shape index (κ2) is 37.7. The number of carbonyl (C=O) groups is 1. The number of ether oxygens (including phenoxy) is 11. The van der Waals surface area contributed by atoms with E-state index in [0.29, 0.717) is 179 Å². The number of hydrogen-bond donors (Lipinski definition) is 3. The Morgan fingerprint density at radius 3 is 1.97 bits per heavy atom. The van der Waals surface area contributed by atoms with Gasteiger partial charge in [-0.1, -0.05) is 37.3 Å². The van der Waals surface area contributed by atoms with Crippen molar-refractivity contribution in [2.75, 3.05) is 168 Å². The van der Waals surface area contributed by atoms with Gasteiger partial charge in [-0.15, -0.1) is 0 Å². The number of pyridine rings is 1. The fraction of sp³-hybridized carbons (Fsp3) is 0.523. The number of aliphatic hydroxyl groups is 1. The zero-order chi connectivity index (χ0) is 62.2. The monoisotopic (exact) mass is 1240 g/mol. The van der Waals surface area contributed by atoms with Crippen LogP contribution in [0.5, 0.6) is 17.4 Å². The minimum absolute atomic E-state index is 0.0838. The molecule has 2 aliphatic heterocycles. The first-order valence-corrected chi connectivity index (χ1v) is 31.5. The van der Waals surface area contributed by atoms with Crippen molar-refractivity contribution < 1.29 is 62.0 Å². The van der Waals surface area contributed by atoms with Gasteiger partial charge in [0.25, 0.3) is 0 Å². The highest BCUT2D eigenvalue weighted by atomic mass is 16.6. The van der Waals surface area contributed by atoms with Crippen LogP contribution in [0, 0.1) is 0 Å². The van der Waals surface area contributed by atoms with E-state index in [1.807, 2.05) is 87.0 Å². The average molecular weight is 1250 g/mol. The third-order valence-electron chi connectivity index (χ3n) is 15.2. The van der Waals surface area contributed by atoms with Gasteiger partial charge in [0.05, 0.1) is 137 Å². The molecule has 2 atom stereocenters. The molecule has 25 heteroatoms. The van der Waals surface area contributed by atoms with Gasteiger partial charge in [0, 0.05) is 74.4 Å². The lowest BCUT2D eigenvalue weighted by Crippen LogP contribution is -2.40. The molecule has 0 bridgehead atoms. The van der Waals surface area contributed by atoms with Crippen LogP contribution >= 0.6 is 0 Å². The molecule has 9 rings (SSSR count). The van der Waals surface area contributed by atoms with Crippen molar-refractivity contribution in [1.82, 2.24) is 44.2 Å². The number of fused-ring (bicyclic) bond motifs is 2. The van der Waals surface area contributed by atoms with Crippen molar-refractivity contribution in [3.05, 3.63) is 115 Å². The molecule has 0 saturated carbocycles. The molecular weight excluding hydrogens is 1160 g/mol. The molecule has 2 fully saturated rings. The molecule has 90 heavy (non-hydrogen) atoms. The predicted molar refractivity (Wildman–Crippen MR) is 339 cm³/mol. The minimum atomic E-state index is -0.0918. The summed E-state index contributed by atoms with van der Waals surface area (Å²) in [5.41, 5.74) is 11.5. The molecule has 25 nitrogen and oxygen atoms in total. The van der Waals surface area contributed by atoms with Crippen LogP contribution < -0.4 is 25.4 Å². The second-order valence-electron chi connectivity index (χ2n) is 21.5. The molecule has 0 unspecified atom stereocenters. The zero-order valence-electron chi connectivity index (χ0n) is 51.8. The van der Waals surface area contributed by atoms with Crippen LogP contribution in [-0.4, -0.2) is 213 Å². The van der Waals surface area contributed by atoms with Crippen LogP contribution in [0.4, 0.5) is 17.5 Å². The van der Waals surface area contributed by atoms with E-state index < -0.39 is 0 Å². The molecule has 0 aliphatic carbocycles. The molecule has 0 spiro atoms. The van der Waals surface area contributed by atoms with Gasteiger partial charge in [-0.25, -0.2) is 24.6 Å². The maximum absolute atomic E-state index is 13.2. The Morgan fingerprint density at radius 2 is 1.33 bits per heavy atom. The summed E-state index contributed by atoms with van der Waals surface area (Å²) in [6.45, 7) is 13.2. The number of likely N-dealkylation sites (tertiary alicyclic amines) is 1. The molecule has 2 aliphatic rings.